The van der Waals surface area contributed by atoms with Crippen molar-refractivity contribution in [3.05, 3.63) is 35.9 Å². The van der Waals surface area contributed by atoms with Crippen LogP contribution < -0.4 is 5.73 Å². The fraction of sp³-hybridized carbons (Fsp3) is 0.571. The van der Waals surface area contributed by atoms with Crippen LogP contribution in [0.1, 0.15) is 12.0 Å². The van der Waals surface area contributed by atoms with E-state index in [0.29, 0.717) is 6.04 Å². The van der Waals surface area contributed by atoms with Crippen molar-refractivity contribution < 1.29 is 0 Å². The summed E-state index contributed by atoms with van der Waals surface area (Å²) < 4.78 is 0. The van der Waals surface area contributed by atoms with Crippen LogP contribution in [0.2, 0.25) is 0 Å². The van der Waals surface area contributed by atoms with Crippen LogP contribution in [0.4, 0.5) is 0 Å². The van der Waals surface area contributed by atoms with Crippen molar-refractivity contribution in [2.75, 3.05) is 33.2 Å². The SMILES string of the molecule is CN(Cc1ccccc1)[C@@H]1CCN(CCN)C1. The van der Waals surface area contributed by atoms with Crippen molar-refractivity contribution >= 4 is 0 Å². The molecule has 0 saturated carbocycles. The van der Waals surface area contributed by atoms with Gasteiger partial charge in [-0.2, -0.15) is 0 Å². The molecule has 2 N–H and O–H groups in total. The average Bonchev–Trinajstić information content (AvgIpc) is 2.79. The van der Waals surface area contributed by atoms with E-state index in [1.165, 1.54) is 25.1 Å². The van der Waals surface area contributed by atoms with Gasteiger partial charge in [-0.25, -0.2) is 0 Å². The lowest BCUT2D eigenvalue weighted by Crippen LogP contribution is -2.35. The van der Waals surface area contributed by atoms with Gasteiger partial charge in [0.1, 0.15) is 0 Å². The maximum atomic E-state index is 5.60. The lowest BCUT2D eigenvalue weighted by Gasteiger charge is -2.24. The molecule has 3 nitrogen and oxygen atoms in total. The van der Waals surface area contributed by atoms with Crippen LogP contribution in [0.15, 0.2) is 30.3 Å². The molecule has 1 saturated heterocycles. The minimum absolute atomic E-state index is 0.682. The number of likely N-dealkylation sites (tertiary alicyclic amines) is 1. The minimum Gasteiger partial charge on any atom is -0.329 e. The Labute approximate surface area is 104 Å². The van der Waals surface area contributed by atoms with E-state index in [9.17, 15) is 0 Å². The van der Waals surface area contributed by atoms with Crippen LogP contribution in [0.3, 0.4) is 0 Å². The molecule has 0 radical (unpaired) electrons. The smallest absolute Gasteiger partial charge is 0.0235 e. The molecule has 0 bridgehead atoms. The Kier molecular flexibility index (Phi) is 4.54. The molecule has 0 aromatic heterocycles. The summed E-state index contributed by atoms with van der Waals surface area (Å²) in [6.45, 7) is 5.22. The second kappa shape index (κ2) is 6.15. The first-order valence-electron chi connectivity index (χ1n) is 6.46. The summed E-state index contributed by atoms with van der Waals surface area (Å²) in [6.07, 6.45) is 1.27. The van der Waals surface area contributed by atoms with E-state index in [4.69, 9.17) is 5.73 Å². The van der Waals surface area contributed by atoms with Gasteiger partial charge in [0.05, 0.1) is 0 Å². The summed E-state index contributed by atoms with van der Waals surface area (Å²) in [4.78, 5) is 4.93. The molecule has 2 rings (SSSR count). The fourth-order valence-electron chi connectivity index (χ4n) is 2.56. The highest BCUT2D eigenvalue weighted by Gasteiger charge is 2.24. The summed E-state index contributed by atoms with van der Waals surface area (Å²) in [7, 11) is 2.23. The number of rotatable bonds is 5. The molecular weight excluding hydrogens is 210 g/mol. The first-order chi connectivity index (χ1) is 8.29. The fourth-order valence-corrected chi connectivity index (χ4v) is 2.56. The maximum absolute atomic E-state index is 5.60. The highest BCUT2D eigenvalue weighted by Crippen LogP contribution is 2.16. The first-order valence-corrected chi connectivity index (χ1v) is 6.46. The number of benzene rings is 1. The zero-order valence-corrected chi connectivity index (χ0v) is 10.7. The molecule has 1 aromatic rings. The first kappa shape index (κ1) is 12.6. The van der Waals surface area contributed by atoms with Gasteiger partial charge in [0.2, 0.25) is 0 Å². The van der Waals surface area contributed by atoms with Gasteiger partial charge in [-0.05, 0) is 25.6 Å². The van der Waals surface area contributed by atoms with Crippen molar-refractivity contribution in [3.8, 4) is 0 Å². The Morgan fingerprint density at radius 1 is 1.35 bits per heavy atom. The Bertz CT molecular complexity index is 325. The minimum atomic E-state index is 0.682. The van der Waals surface area contributed by atoms with Crippen LogP contribution in [0, 0.1) is 0 Å². The van der Waals surface area contributed by atoms with E-state index in [-0.39, 0.29) is 0 Å². The van der Waals surface area contributed by atoms with Crippen LogP contribution in [-0.2, 0) is 6.54 Å². The van der Waals surface area contributed by atoms with Gasteiger partial charge in [-0.3, -0.25) is 4.90 Å². The van der Waals surface area contributed by atoms with Gasteiger partial charge >= 0.3 is 0 Å². The quantitative estimate of drug-likeness (QED) is 0.828. The highest BCUT2D eigenvalue weighted by molar-refractivity contribution is 5.14. The molecule has 1 heterocycles. The van der Waals surface area contributed by atoms with E-state index in [0.717, 1.165) is 19.6 Å². The van der Waals surface area contributed by atoms with Crippen LogP contribution >= 0.6 is 0 Å². The topological polar surface area (TPSA) is 32.5 Å². The largest absolute Gasteiger partial charge is 0.329 e. The lowest BCUT2D eigenvalue weighted by molar-refractivity contribution is 0.226. The molecule has 94 valence electrons. The van der Waals surface area contributed by atoms with Crippen molar-refractivity contribution in [3.63, 3.8) is 0 Å². The summed E-state index contributed by atoms with van der Waals surface area (Å²) in [5, 5.41) is 0. The van der Waals surface area contributed by atoms with Crippen molar-refractivity contribution in [2.24, 2.45) is 5.73 Å². The number of likely N-dealkylation sites (N-methyl/N-ethyl adjacent to an activating group) is 1. The molecule has 0 amide bonds. The third-order valence-electron chi connectivity index (χ3n) is 3.59. The summed E-state index contributed by atoms with van der Waals surface area (Å²) in [5.41, 5.74) is 6.99. The van der Waals surface area contributed by atoms with E-state index in [1.807, 2.05) is 0 Å². The molecule has 1 fully saturated rings. The standard InChI is InChI=1S/C14H23N3/c1-16(11-13-5-3-2-4-6-13)14-7-9-17(12-14)10-8-15/h2-6,14H,7-12,15H2,1H3/t14-/m1/s1. The normalized spacial score (nSPS) is 21.2. The molecular formula is C14H23N3. The Morgan fingerprint density at radius 2 is 2.12 bits per heavy atom. The molecule has 0 unspecified atom stereocenters. The monoisotopic (exact) mass is 233 g/mol. The van der Waals surface area contributed by atoms with Gasteiger partial charge in [0.15, 0.2) is 0 Å². The number of hydrogen-bond acceptors (Lipinski definition) is 3. The molecule has 1 aromatic carbocycles. The summed E-state index contributed by atoms with van der Waals surface area (Å²) in [5.74, 6) is 0. The molecule has 0 spiro atoms. The number of hydrogen-bond donors (Lipinski definition) is 1. The van der Waals surface area contributed by atoms with Gasteiger partial charge in [0.25, 0.3) is 0 Å². The molecule has 1 aliphatic rings. The van der Waals surface area contributed by atoms with Crippen LogP contribution in [0.5, 0.6) is 0 Å². The van der Waals surface area contributed by atoms with E-state index in [2.05, 4.69) is 47.2 Å². The molecule has 17 heavy (non-hydrogen) atoms. The second-order valence-electron chi connectivity index (χ2n) is 4.93. The third kappa shape index (κ3) is 3.53. The number of nitrogens with zero attached hydrogens (tertiary/aromatic N) is 2. The average molecular weight is 233 g/mol. The van der Waals surface area contributed by atoms with Crippen LogP contribution in [-0.4, -0.2) is 49.1 Å². The summed E-state index contributed by atoms with van der Waals surface area (Å²) >= 11 is 0. The zero-order valence-electron chi connectivity index (χ0n) is 10.7. The highest BCUT2D eigenvalue weighted by atomic mass is 15.2. The zero-order chi connectivity index (χ0) is 12.1. The van der Waals surface area contributed by atoms with Gasteiger partial charge in [-0.15, -0.1) is 0 Å². The van der Waals surface area contributed by atoms with Gasteiger partial charge in [0, 0.05) is 32.2 Å². The van der Waals surface area contributed by atoms with Gasteiger partial charge in [-0.1, -0.05) is 30.3 Å². The maximum Gasteiger partial charge on any atom is 0.0235 e. The molecule has 3 heteroatoms. The Balaban J connectivity index is 1.83. The second-order valence-corrected chi connectivity index (χ2v) is 4.93. The molecule has 1 aliphatic heterocycles. The van der Waals surface area contributed by atoms with Crippen molar-refractivity contribution in [1.29, 1.82) is 0 Å². The van der Waals surface area contributed by atoms with E-state index in [1.54, 1.807) is 0 Å². The van der Waals surface area contributed by atoms with Crippen LogP contribution in [0.25, 0.3) is 0 Å². The lowest BCUT2D eigenvalue weighted by atomic mass is 10.1. The van der Waals surface area contributed by atoms with E-state index >= 15 is 0 Å². The molecule has 0 aliphatic carbocycles. The Morgan fingerprint density at radius 3 is 2.82 bits per heavy atom. The van der Waals surface area contributed by atoms with Gasteiger partial charge < -0.3 is 10.6 Å². The predicted octanol–water partition coefficient (Wildman–Crippen LogP) is 1.15. The predicted molar refractivity (Wildman–Crippen MR) is 71.8 cm³/mol. The third-order valence-corrected chi connectivity index (χ3v) is 3.59. The Hall–Kier alpha value is -0.900. The summed E-state index contributed by atoms with van der Waals surface area (Å²) in [6, 6.07) is 11.4. The van der Waals surface area contributed by atoms with Crippen molar-refractivity contribution in [1.82, 2.24) is 9.80 Å². The van der Waals surface area contributed by atoms with Crippen molar-refractivity contribution in [2.45, 2.75) is 19.0 Å². The molecule has 1 atom stereocenters. The van der Waals surface area contributed by atoms with E-state index < -0.39 is 0 Å². The number of nitrogens with two attached hydrogens (primary N) is 1.